The fraction of sp³-hybridized carbons (Fsp3) is 0.636. The Morgan fingerprint density at radius 2 is 2.27 bits per heavy atom. The molecule has 0 saturated carbocycles. The van der Waals surface area contributed by atoms with E-state index in [1.54, 1.807) is 6.07 Å². The van der Waals surface area contributed by atoms with Crippen LogP contribution in [0.5, 0.6) is 0 Å². The van der Waals surface area contributed by atoms with Gasteiger partial charge in [0.25, 0.3) is 0 Å². The van der Waals surface area contributed by atoms with Crippen molar-refractivity contribution in [1.29, 1.82) is 0 Å². The van der Waals surface area contributed by atoms with Crippen LogP contribution in [0.25, 0.3) is 0 Å². The SMILES string of the molecule is CCCOCCCNCc1ccc(Cl)o1. The number of hydrogen-bond donors (Lipinski definition) is 1. The predicted octanol–water partition coefficient (Wildman–Crippen LogP) is 2.84. The van der Waals surface area contributed by atoms with Crippen LogP contribution in [0.4, 0.5) is 0 Å². The second-order valence-corrected chi connectivity index (χ2v) is 3.72. The van der Waals surface area contributed by atoms with Crippen molar-refractivity contribution in [3.63, 3.8) is 0 Å². The van der Waals surface area contributed by atoms with Gasteiger partial charge in [0.1, 0.15) is 5.76 Å². The maximum absolute atomic E-state index is 5.64. The van der Waals surface area contributed by atoms with Crippen molar-refractivity contribution in [2.75, 3.05) is 19.8 Å². The molecule has 1 heterocycles. The largest absolute Gasteiger partial charge is 0.448 e. The molecule has 0 unspecified atom stereocenters. The van der Waals surface area contributed by atoms with Gasteiger partial charge in [0.2, 0.25) is 0 Å². The average Bonchev–Trinajstić information content (AvgIpc) is 2.63. The first-order valence-electron chi connectivity index (χ1n) is 5.35. The third-order valence-electron chi connectivity index (χ3n) is 1.92. The van der Waals surface area contributed by atoms with E-state index in [1.807, 2.05) is 6.07 Å². The molecule has 0 fully saturated rings. The van der Waals surface area contributed by atoms with Crippen LogP contribution in [0.15, 0.2) is 16.5 Å². The Kier molecular flexibility index (Phi) is 6.48. The van der Waals surface area contributed by atoms with Crippen molar-refractivity contribution in [1.82, 2.24) is 5.32 Å². The van der Waals surface area contributed by atoms with Crippen LogP contribution in [0, 0.1) is 0 Å². The van der Waals surface area contributed by atoms with E-state index in [2.05, 4.69) is 12.2 Å². The lowest BCUT2D eigenvalue weighted by atomic mass is 10.4. The van der Waals surface area contributed by atoms with Gasteiger partial charge >= 0.3 is 0 Å². The third-order valence-corrected chi connectivity index (χ3v) is 2.12. The van der Waals surface area contributed by atoms with Gasteiger partial charge in [-0.15, -0.1) is 0 Å². The maximum atomic E-state index is 5.64. The molecule has 0 amide bonds. The lowest BCUT2D eigenvalue weighted by Crippen LogP contribution is -2.16. The minimum absolute atomic E-state index is 0.443. The highest BCUT2D eigenvalue weighted by Gasteiger charge is 1.98. The first-order valence-corrected chi connectivity index (χ1v) is 5.73. The Labute approximate surface area is 95.7 Å². The van der Waals surface area contributed by atoms with Crippen molar-refractivity contribution < 1.29 is 9.15 Å². The Balaban J connectivity index is 1.93. The quantitative estimate of drug-likeness (QED) is 0.699. The summed E-state index contributed by atoms with van der Waals surface area (Å²) in [6.45, 7) is 5.44. The summed E-state index contributed by atoms with van der Waals surface area (Å²) in [5, 5.41) is 3.70. The van der Waals surface area contributed by atoms with E-state index in [-0.39, 0.29) is 0 Å². The van der Waals surface area contributed by atoms with Crippen molar-refractivity contribution in [2.24, 2.45) is 0 Å². The summed E-state index contributed by atoms with van der Waals surface area (Å²) >= 11 is 5.64. The van der Waals surface area contributed by atoms with E-state index in [4.69, 9.17) is 20.8 Å². The van der Waals surface area contributed by atoms with Crippen molar-refractivity contribution in [3.05, 3.63) is 23.1 Å². The van der Waals surface area contributed by atoms with E-state index in [0.717, 1.165) is 44.9 Å². The molecule has 86 valence electrons. The summed E-state index contributed by atoms with van der Waals surface area (Å²) in [4.78, 5) is 0. The van der Waals surface area contributed by atoms with Crippen LogP contribution in [-0.4, -0.2) is 19.8 Å². The molecule has 0 aliphatic heterocycles. The second kappa shape index (κ2) is 7.74. The topological polar surface area (TPSA) is 34.4 Å². The van der Waals surface area contributed by atoms with Gasteiger partial charge in [0.05, 0.1) is 6.54 Å². The molecule has 0 radical (unpaired) electrons. The Morgan fingerprint density at radius 3 is 2.93 bits per heavy atom. The molecule has 4 heteroatoms. The zero-order valence-corrected chi connectivity index (χ0v) is 9.85. The molecular weight excluding hydrogens is 214 g/mol. The van der Waals surface area contributed by atoms with Gasteiger partial charge in [-0.1, -0.05) is 6.92 Å². The van der Waals surface area contributed by atoms with Crippen molar-refractivity contribution in [3.8, 4) is 0 Å². The van der Waals surface area contributed by atoms with E-state index < -0.39 is 0 Å². The molecule has 1 aromatic rings. The summed E-state index contributed by atoms with van der Waals surface area (Å²) < 4.78 is 10.6. The standard InChI is InChI=1S/C11H18ClNO2/c1-2-7-14-8-3-6-13-9-10-4-5-11(12)15-10/h4-5,13H,2-3,6-9H2,1H3. The highest BCUT2D eigenvalue weighted by Crippen LogP contribution is 2.12. The molecule has 1 N–H and O–H groups in total. The van der Waals surface area contributed by atoms with Crippen molar-refractivity contribution in [2.45, 2.75) is 26.3 Å². The molecule has 3 nitrogen and oxygen atoms in total. The second-order valence-electron chi connectivity index (χ2n) is 3.35. The minimum Gasteiger partial charge on any atom is -0.448 e. The molecule has 1 rings (SSSR count). The van der Waals surface area contributed by atoms with E-state index >= 15 is 0 Å². The van der Waals surface area contributed by atoms with Crippen LogP contribution in [0.1, 0.15) is 25.5 Å². The monoisotopic (exact) mass is 231 g/mol. The van der Waals surface area contributed by atoms with Crippen LogP contribution >= 0.6 is 11.6 Å². The van der Waals surface area contributed by atoms with Gasteiger partial charge in [0, 0.05) is 13.2 Å². The number of halogens is 1. The molecule has 0 spiro atoms. The molecule has 0 aromatic carbocycles. The van der Waals surface area contributed by atoms with E-state index in [0.29, 0.717) is 5.22 Å². The Hall–Kier alpha value is -0.510. The van der Waals surface area contributed by atoms with E-state index in [9.17, 15) is 0 Å². The normalized spacial score (nSPS) is 10.8. The zero-order chi connectivity index (χ0) is 10.9. The Bertz CT molecular complexity index is 263. The average molecular weight is 232 g/mol. The molecule has 1 aromatic heterocycles. The Morgan fingerprint density at radius 1 is 1.40 bits per heavy atom. The summed E-state index contributed by atoms with van der Waals surface area (Å²) in [5.74, 6) is 0.870. The minimum atomic E-state index is 0.443. The summed E-state index contributed by atoms with van der Waals surface area (Å²) in [6, 6.07) is 3.63. The predicted molar refractivity (Wildman–Crippen MR) is 61.2 cm³/mol. The highest BCUT2D eigenvalue weighted by atomic mass is 35.5. The van der Waals surface area contributed by atoms with Crippen LogP contribution < -0.4 is 5.32 Å². The zero-order valence-electron chi connectivity index (χ0n) is 9.09. The fourth-order valence-corrected chi connectivity index (χ4v) is 1.37. The fourth-order valence-electron chi connectivity index (χ4n) is 1.20. The van der Waals surface area contributed by atoms with Gasteiger partial charge in [-0.3, -0.25) is 0 Å². The van der Waals surface area contributed by atoms with Crippen molar-refractivity contribution >= 4 is 11.6 Å². The molecule has 0 aliphatic carbocycles. The molecule has 0 atom stereocenters. The van der Waals surface area contributed by atoms with Crippen LogP contribution in [0.2, 0.25) is 5.22 Å². The van der Waals surface area contributed by atoms with Crippen LogP contribution in [0.3, 0.4) is 0 Å². The molecule has 0 aliphatic rings. The number of rotatable bonds is 8. The van der Waals surface area contributed by atoms with Gasteiger partial charge in [-0.25, -0.2) is 0 Å². The molecule has 0 bridgehead atoms. The van der Waals surface area contributed by atoms with E-state index in [1.165, 1.54) is 0 Å². The maximum Gasteiger partial charge on any atom is 0.193 e. The summed E-state index contributed by atoms with van der Waals surface area (Å²) in [6.07, 6.45) is 2.10. The smallest absolute Gasteiger partial charge is 0.193 e. The third kappa shape index (κ3) is 5.82. The first-order chi connectivity index (χ1) is 7.33. The first kappa shape index (κ1) is 12.6. The molecule has 0 saturated heterocycles. The number of hydrogen-bond acceptors (Lipinski definition) is 3. The molecule has 15 heavy (non-hydrogen) atoms. The number of furan rings is 1. The van der Waals surface area contributed by atoms with Gasteiger partial charge < -0.3 is 14.5 Å². The summed E-state index contributed by atoms with van der Waals surface area (Å²) in [7, 11) is 0. The number of ether oxygens (including phenoxy) is 1. The number of nitrogens with one attached hydrogen (secondary N) is 1. The van der Waals surface area contributed by atoms with Gasteiger partial charge in [-0.05, 0) is 43.1 Å². The summed E-state index contributed by atoms with van der Waals surface area (Å²) in [5.41, 5.74) is 0. The highest BCUT2D eigenvalue weighted by molar-refractivity contribution is 6.28. The van der Waals surface area contributed by atoms with Gasteiger partial charge in [0.15, 0.2) is 5.22 Å². The lowest BCUT2D eigenvalue weighted by molar-refractivity contribution is 0.132. The van der Waals surface area contributed by atoms with Crippen LogP contribution in [-0.2, 0) is 11.3 Å². The van der Waals surface area contributed by atoms with Gasteiger partial charge in [-0.2, -0.15) is 0 Å². The lowest BCUT2D eigenvalue weighted by Gasteiger charge is -2.03. The molecular formula is C11H18ClNO2.